The van der Waals surface area contributed by atoms with Crippen molar-refractivity contribution in [2.75, 3.05) is 6.54 Å². The Morgan fingerprint density at radius 2 is 1.71 bits per heavy atom. The predicted molar refractivity (Wildman–Crippen MR) is 76.4 cm³/mol. The van der Waals surface area contributed by atoms with Gasteiger partial charge in [0, 0.05) is 12.6 Å². The van der Waals surface area contributed by atoms with Gasteiger partial charge in [-0.1, -0.05) is 57.5 Å². The SMILES string of the molecule is CCCC(C)NCC(c1ccccc1)C(C)C. The molecule has 1 heteroatoms. The fourth-order valence-corrected chi connectivity index (χ4v) is 2.30. The van der Waals surface area contributed by atoms with Crippen LogP contribution in [0, 0.1) is 5.92 Å². The number of hydrogen-bond donors (Lipinski definition) is 1. The van der Waals surface area contributed by atoms with E-state index in [-0.39, 0.29) is 0 Å². The molecular formula is C16H27N. The highest BCUT2D eigenvalue weighted by Crippen LogP contribution is 2.23. The Morgan fingerprint density at radius 3 is 2.24 bits per heavy atom. The first-order chi connectivity index (χ1) is 8.15. The fourth-order valence-electron chi connectivity index (χ4n) is 2.30. The molecule has 17 heavy (non-hydrogen) atoms. The van der Waals surface area contributed by atoms with Crippen LogP contribution in [0.25, 0.3) is 0 Å². The molecule has 96 valence electrons. The van der Waals surface area contributed by atoms with Gasteiger partial charge in [-0.3, -0.25) is 0 Å². The van der Waals surface area contributed by atoms with Crippen molar-refractivity contribution in [3.8, 4) is 0 Å². The standard InChI is InChI=1S/C16H27N/c1-5-9-14(4)17-12-16(13(2)3)15-10-7-6-8-11-15/h6-8,10-11,13-14,16-17H,5,9,12H2,1-4H3. The summed E-state index contributed by atoms with van der Waals surface area (Å²) in [6, 6.07) is 11.5. The van der Waals surface area contributed by atoms with Crippen molar-refractivity contribution >= 4 is 0 Å². The van der Waals surface area contributed by atoms with Gasteiger partial charge in [0.2, 0.25) is 0 Å². The van der Waals surface area contributed by atoms with E-state index in [1.54, 1.807) is 0 Å². The van der Waals surface area contributed by atoms with Crippen LogP contribution in [-0.2, 0) is 0 Å². The topological polar surface area (TPSA) is 12.0 Å². The van der Waals surface area contributed by atoms with Gasteiger partial charge in [-0.05, 0) is 30.7 Å². The van der Waals surface area contributed by atoms with Crippen LogP contribution < -0.4 is 5.32 Å². The molecule has 0 fully saturated rings. The van der Waals surface area contributed by atoms with Crippen molar-refractivity contribution in [3.63, 3.8) is 0 Å². The van der Waals surface area contributed by atoms with Crippen LogP contribution in [0.5, 0.6) is 0 Å². The van der Waals surface area contributed by atoms with Crippen molar-refractivity contribution < 1.29 is 0 Å². The Labute approximate surface area is 107 Å². The summed E-state index contributed by atoms with van der Waals surface area (Å²) < 4.78 is 0. The largest absolute Gasteiger partial charge is 0.314 e. The Hall–Kier alpha value is -0.820. The van der Waals surface area contributed by atoms with Gasteiger partial charge in [-0.15, -0.1) is 0 Å². The molecule has 0 heterocycles. The summed E-state index contributed by atoms with van der Waals surface area (Å²) in [6.45, 7) is 10.2. The Morgan fingerprint density at radius 1 is 1.06 bits per heavy atom. The second-order valence-electron chi connectivity index (χ2n) is 5.36. The normalized spacial score (nSPS) is 14.9. The monoisotopic (exact) mass is 233 g/mol. The third kappa shape index (κ3) is 4.91. The summed E-state index contributed by atoms with van der Waals surface area (Å²) in [5, 5.41) is 3.66. The molecule has 2 unspecified atom stereocenters. The Balaban J connectivity index is 2.56. The molecule has 0 amide bonds. The van der Waals surface area contributed by atoms with Crippen LogP contribution in [0.1, 0.15) is 52.0 Å². The molecule has 1 aromatic carbocycles. The zero-order chi connectivity index (χ0) is 12.7. The maximum atomic E-state index is 3.66. The van der Waals surface area contributed by atoms with E-state index >= 15 is 0 Å². The minimum absolute atomic E-state index is 0.621. The van der Waals surface area contributed by atoms with Crippen LogP contribution in [0.4, 0.5) is 0 Å². The first-order valence-electron chi connectivity index (χ1n) is 6.93. The highest BCUT2D eigenvalue weighted by molar-refractivity contribution is 5.20. The Kier molecular flexibility index (Phi) is 6.28. The van der Waals surface area contributed by atoms with Gasteiger partial charge < -0.3 is 5.32 Å². The molecule has 0 aromatic heterocycles. The summed E-state index contributed by atoms with van der Waals surface area (Å²) in [5.41, 5.74) is 1.46. The van der Waals surface area contributed by atoms with Crippen molar-refractivity contribution in [2.24, 2.45) is 5.92 Å². The minimum atomic E-state index is 0.621. The molecule has 2 atom stereocenters. The molecule has 0 aliphatic carbocycles. The van der Waals surface area contributed by atoms with E-state index in [4.69, 9.17) is 0 Å². The van der Waals surface area contributed by atoms with Crippen LogP contribution >= 0.6 is 0 Å². The zero-order valence-electron chi connectivity index (χ0n) is 11.7. The molecule has 1 nitrogen and oxygen atoms in total. The van der Waals surface area contributed by atoms with Crippen LogP contribution in [0.2, 0.25) is 0 Å². The van der Waals surface area contributed by atoms with Crippen molar-refractivity contribution in [2.45, 2.75) is 52.5 Å². The predicted octanol–water partition coefficient (Wildman–Crippen LogP) is 4.20. The average molecular weight is 233 g/mol. The van der Waals surface area contributed by atoms with Gasteiger partial charge in [0.05, 0.1) is 0 Å². The lowest BCUT2D eigenvalue weighted by atomic mass is 9.88. The van der Waals surface area contributed by atoms with Gasteiger partial charge >= 0.3 is 0 Å². The van der Waals surface area contributed by atoms with Crippen LogP contribution in [0.3, 0.4) is 0 Å². The van der Waals surface area contributed by atoms with E-state index in [1.807, 2.05) is 0 Å². The smallest absolute Gasteiger partial charge is 0.00388 e. The highest BCUT2D eigenvalue weighted by Gasteiger charge is 2.15. The second kappa shape index (κ2) is 7.50. The van der Waals surface area contributed by atoms with E-state index in [0.29, 0.717) is 17.9 Å². The Bertz CT molecular complexity index is 292. The first kappa shape index (κ1) is 14.2. The fraction of sp³-hybridized carbons (Fsp3) is 0.625. The minimum Gasteiger partial charge on any atom is -0.314 e. The summed E-state index contributed by atoms with van der Waals surface area (Å²) >= 11 is 0. The van der Waals surface area contributed by atoms with Crippen molar-refractivity contribution in [1.82, 2.24) is 5.32 Å². The molecule has 1 aromatic rings. The molecule has 0 saturated heterocycles. The second-order valence-corrected chi connectivity index (χ2v) is 5.36. The molecule has 0 radical (unpaired) electrons. The number of nitrogens with one attached hydrogen (secondary N) is 1. The molecule has 0 bridgehead atoms. The van der Waals surface area contributed by atoms with Crippen molar-refractivity contribution in [3.05, 3.63) is 35.9 Å². The number of rotatable bonds is 7. The summed E-state index contributed by atoms with van der Waals surface area (Å²) in [6.07, 6.45) is 2.52. The lowest BCUT2D eigenvalue weighted by molar-refractivity contribution is 0.419. The number of benzene rings is 1. The molecular weight excluding hydrogens is 206 g/mol. The first-order valence-corrected chi connectivity index (χ1v) is 6.93. The lowest BCUT2D eigenvalue weighted by Crippen LogP contribution is -2.32. The van der Waals surface area contributed by atoms with E-state index in [1.165, 1.54) is 18.4 Å². The molecule has 0 saturated carbocycles. The molecule has 0 aliphatic rings. The molecule has 0 spiro atoms. The van der Waals surface area contributed by atoms with Crippen molar-refractivity contribution in [1.29, 1.82) is 0 Å². The lowest BCUT2D eigenvalue weighted by Gasteiger charge is -2.24. The van der Waals surface area contributed by atoms with Crippen LogP contribution in [-0.4, -0.2) is 12.6 Å². The van der Waals surface area contributed by atoms with E-state index in [2.05, 4.69) is 63.3 Å². The molecule has 1 N–H and O–H groups in total. The summed E-state index contributed by atoms with van der Waals surface area (Å²) in [4.78, 5) is 0. The molecule has 0 aliphatic heterocycles. The van der Waals surface area contributed by atoms with E-state index in [9.17, 15) is 0 Å². The quantitative estimate of drug-likeness (QED) is 0.744. The average Bonchev–Trinajstić information content (AvgIpc) is 2.30. The van der Waals surface area contributed by atoms with Gasteiger partial charge in [-0.25, -0.2) is 0 Å². The van der Waals surface area contributed by atoms with Gasteiger partial charge in [-0.2, -0.15) is 0 Å². The summed E-state index contributed by atoms with van der Waals surface area (Å²) in [7, 11) is 0. The van der Waals surface area contributed by atoms with Crippen LogP contribution in [0.15, 0.2) is 30.3 Å². The zero-order valence-corrected chi connectivity index (χ0v) is 11.7. The van der Waals surface area contributed by atoms with E-state index < -0.39 is 0 Å². The third-order valence-corrected chi connectivity index (χ3v) is 3.44. The van der Waals surface area contributed by atoms with E-state index in [0.717, 1.165) is 6.54 Å². The van der Waals surface area contributed by atoms with Gasteiger partial charge in [0.25, 0.3) is 0 Å². The summed E-state index contributed by atoms with van der Waals surface area (Å²) in [5.74, 6) is 1.30. The maximum Gasteiger partial charge on any atom is 0.00388 e. The van der Waals surface area contributed by atoms with Gasteiger partial charge in [0.15, 0.2) is 0 Å². The van der Waals surface area contributed by atoms with Gasteiger partial charge in [0.1, 0.15) is 0 Å². The molecule has 1 rings (SSSR count). The number of hydrogen-bond acceptors (Lipinski definition) is 1. The maximum absolute atomic E-state index is 3.66. The third-order valence-electron chi connectivity index (χ3n) is 3.44. The highest BCUT2D eigenvalue weighted by atomic mass is 14.9.